The number of hydrogen-bond donors (Lipinski definition) is 1. The molecule has 0 radical (unpaired) electrons. The SMILES string of the molecule is CCOC(=O)c1sc2cccc(Cl)c2c1COc1ccc(C(N)=O)c(OC)c1. The van der Waals surface area contributed by atoms with Crippen LogP contribution in [0.15, 0.2) is 36.4 Å². The van der Waals surface area contributed by atoms with Gasteiger partial charge in [0, 0.05) is 26.7 Å². The second kappa shape index (κ2) is 8.50. The van der Waals surface area contributed by atoms with Crippen molar-refractivity contribution in [2.24, 2.45) is 5.73 Å². The maximum absolute atomic E-state index is 12.4. The van der Waals surface area contributed by atoms with Crippen LogP contribution >= 0.6 is 22.9 Å². The summed E-state index contributed by atoms with van der Waals surface area (Å²) < 4.78 is 17.1. The molecule has 0 bridgehead atoms. The van der Waals surface area contributed by atoms with Crippen LogP contribution < -0.4 is 15.2 Å². The maximum Gasteiger partial charge on any atom is 0.348 e. The van der Waals surface area contributed by atoms with E-state index in [0.717, 1.165) is 10.1 Å². The lowest BCUT2D eigenvalue weighted by atomic mass is 10.1. The van der Waals surface area contributed by atoms with E-state index in [1.54, 1.807) is 25.1 Å². The number of nitrogens with two attached hydrogens (primary N) is 1. The van der Waals surface area contributed by atoms with Gasteiger partial charge in [0.25, 0.3) is 5.91 Å². The smallest absolute Gasteiger partial charge is 0.348 e. The summed E-state index contributed by atoms with van der Waals surface area (Å²) in [5, 5.41) is 1.29. The van der Waals surface area contributed by atoms with Gasteiger partial charge < -0.3 is 19.9 Å². The molecule has 0 aliphatic heterocycles. The van der Waals surface area contributed by atoms with Crippen LogP contribution in [0.25, 0.3) is 10.1 Å². The van der Waals surface area contributed by atoms with Gasteiger partial charge in [0.2, 0.25) is 0 Å². The highest BCUT2D eigenvalue weighted by Crippen LogP contribution is 2.37. The van der Waals surface area contributed by atoms with Gasteiger partial charge in [-0.05, 0) is 31.2 Å². The molecular weight excluding hydrogens is 402 g/mol. The quantitative estimate of drug-likeness (QED) is 0.573. The molecule has 0 aliphatic rings. The Morgan fingerprint density at radius 1 is 1.21 bits per heavy atom. The summed E-state index contributed by atoms with van der Waals surface area (Å²) in [7, 11) is 1.44. The Hall–Kier alpha value is -2.77. The highest BCUT2D eigenvalue weighted by atomic mass is 35.5. The normalized spacial score (nSPS) is 10.7. The van der Waals surface area contributed by atoms with Crippen LogP contribution in [0.3, 0.4) is 0 Å². The van der Waals surface area contributed by atoms with E-state index in [0.29, 0.717) is 27.0 Å². The molecule has 146 valence electrons. The van der Waals surface area contributed by atoms with Gasteiger partial charge >= 0.3 is 5.97 Å². The van der Waals surface area contributed by atoms with Crippen LogP contribution in [-0.4, -0.2) is 25.6 Å². The molecule has 0 atom stereocenters. The largest absolute Gasteiger partial charge is 0.496 e. The van der Waals surface area contributed by atoms with E-state index in [2.05, 4.69) is 0 Å². The second-order valence-corrected chi connectivity index (χ2v) is 7.22. The van der Waals surface area contributed by atoms with Crippen molar-refractivity contribution in [2.75, 3.05) is 13.7 Å². The molecule has 1 aromatic heterocycles. The molecule has 3 rings (SSSR count). The number of rotatable bonds is 7. The summed E-state index contributed by atoms with van der Waals surface area (Å²) in [6.07, 6.45) is 0. The molecule has 3 aromatic rings. The van der Waals surface area contributed by atoms with E-state index in [-0.39, 0.29) is 18.8 Å². The minimum absolute atomic E-state index is 0.0942. The van der Waals surface area contributed by atoms with E-state index in [1.807, 2.05) is 12.1 Å². The summed E-state index contributed by atoms with van der Waals surface area (Å²) in [5.41, 5.74) is 6.24. The summed E-state index contributed by atoms with van der Waals surface area (Å²) in [6, 6.07) is 10.2. The predicted octanol–water partition coefficient (Wildman–Crippen LogP) is 4.42. The highest BCUT2D eigenvalue weighted by molar-refractivity contribution is 7.21. The zero-order valence-electron chi connectivity index (χ0n) is 15.3. The van der Waals surface area contributed by atoms with Crippen LogP contribution in [0.1, 0.15) is 32.5 Å². The van der Waals surface area contributed by atoms with Crippen LogP contribution in [0.4, 0.5) is 0 Å². The maximum atomic E-state index is 12.4. The first-order valence-electron chi connectivity index (χ1n) is 8.43. The summed E-state index contributed by atoms with van der Waals surface area (Å²) in [5.74, 6) is -0.240. The van der Waals surface area contributed by atoms with E-state index < -0.39 is 11.9 Å². The number of carbonyl (C=O) groups excluding carboxylic acids is 2. The lowest BCUT2D eigenvalue weighted by molar-refractivity contribution is 0.0529. The van der Waals surface area contributed by atoms with E-state index in [1.165, 1.54) is 24.5 Å². The minimum atomic E-state index is -0.594. The van der Waals surface area contributed by atoms with Gasteiger partial charge in [-0.3, -0.25) is 4.79 Å². The molecule has 28 heavy (non-hydrogen) atoms. The molecular formula is C20H18ClNO5S. The Balaban J connectivity index is 1.97. The Morgan fingerprint density at radius 2 is 2.00 bits per heavy atom. The number of thiophene rings is 1. The molecule has 1 amide bonds. The molecule has 1 heterocycles. The Morgan fingerprint density at radius 3 is 2.68 bits per heavy atom. The van der Waals surface area contributed by atoms with Crippen LogP contribution in [0.5, 0.6) is 11.5 Å². The third-order valence-electron chi connectivity index (χ3n) is 4.05. The monoisotopic (exact) mass is 419 g/mol. The first-order chi connectivity index (χ1) is 13.5. The number of esters is 1. The van der Waals surface area contributed by atoms with Crippen molar-refractivity contribution >= 4 is 44.9 Å². The Labute approximate surface area is 170 Å². The molecule has 6 nitrogen and oxygen atoms in total. The number of fused-ring (bicyclic) bond motifs is 1. The number of hydrogen-bond acceptors (Lipinski definition) is 6. The molecule has 0 saturated carbocycles. The van der Waals surface area contributed by atoms with Gasteiger partial charge in [0.1, 0.15) is 23.0 Å². The molecule has 2 N–H and O–H groups in total. The van der Waals surface area contributed by atoms with Crippen LogP contribution in [0.2, 0.25) is 5.02 Å². The Bertz CT molecular complexity index is 1050. The van der Waals surface area contributed by atoms with Gasteiger partial charge in [-0.2, -0.15) is 0 Å². The Kier molecular flexibility index (Phi) is 6.06. The van der Waals surface area contributed by atoms with Crippen molar-refractivity contribution in [1.82, 2.24) is 0 Å². The third kappa shape index (κ3) is 3.90. The van der Waals surface area contributed by atoms with Gasteiger partial charge in [0.15, 0.2) is 0 Å². The molecule has 0 unspecified atom stereocenters. The number of carbonyl (C=O) groups is 2. The standard InChI is InChI=1S/C20H18ClNO5S/c1-3-26-20(24)18-13(17-14(21)5-4-6-16(17)28-18)10-27-11-7-8-12(19(22)23)15(9-11)25-2/h4-9H,3,10H2,1-2H3,(H2,22,23). The van der Waals surface area contributed by atoms with Gasteiger partial charge in [-0.15, -0.1) is 11.3 Å². The molecule has 2 aromatic carbocycles. The number of ether oxygens (including phenoxy) is 3. The van der Waals surface area contributed by atoms with Gasteiger partial charge in [-0.1, -0.05) is 17.7 Å². The van der Waals surface area contributed by atoms with Crippen molar-refractivity contribution in [3.63, 3.8) is 0 Å². The van der Waals surface area contributed by atoms with Crippen molar-refractivity contribution in [2.45, 2.75) is 13.5 Å². The lowest BCUT2D eigenvalue weighted by Crippen LogP contribution is -2.12. The molecule has 0 saturated heterocycles. The van der Waals surface area contributed by atoms with E-state index in [4.69, 9.17) is 31.5 Å². The predicted molar refractivity (Wildman–Crippen MR) is 109 cm³/mol. The molecule has 0 aliphatic carbocycles. The number of benzene rings is 2. The van der Waals surface area contributed by atoms with Crippen molar-refractivity contribution in [1.29, 1.82) is 0 Å². The highest BCUT2D eigenvalue weighted by Gasteiger charge is 2.22. The molecule has 0 spiro atoms. The summed E-state index contributed by atoms with van der Waals surface area (Å²) in [4.78, 5) is 24.3. The van der Waals surface area contributed by atoms with Crippen LogP contribution in [0, 0.1) is 0 Å². The average Bonchev–Trinajstić information content (AvgIpc) is 3.06. The van der Waals surface area contributed by atoms with Crippen molar-refractivity contribution < 1.29 is 23.8 Å². The second-order valence-electron chi connectivity index (χ2n) is 5.76. The fourth-order valence-electron chi connectivity index (χ4n) is 2.79. The van der Waals surface area contributed by atoms with E-state index in [9.17, 15) is 9.59 Å². The van der Waals surface area contributed by atoms with Crippen molar-refractivity contribution in [3.05, 3.63) is 57.4 Å². The number of methoxy groups -OCH3 is 1. The average molecular weight is 420 g/mol. The van der Waals surface area contributed by atoms with E-state index >= 15 is 0 Å². The number of halogens is 1. The molecule has 8 heteroatoms. The van der Waals surface area contributed by atoms with Gasteiger partial charge in [0.05, 0.1) is 19.3 Å². The summed E-state index contributed by atoms with van der Waals surface area (Å²) >= 11 is 7.68. The topological polar surface area (TPSA) is 87.9 Å². The minimum Gasteiger partial charge on any atom is -0.496 e. The van der Waals surface area contributed by atoms with Crippen LogP contribution in [-0.2, 0) is 11.3 Å². The van der Waals surface area contributed by atoms with Gasteiger partial charge in [-0.25, -0.2) is 4.79 Å². The van der Waals surface area contributed by atoms with Crippen molar-refractivity contribution in [3.8, 4) is 11.5 Å². The number of primary amides is 1. The third-order valence-corrected chi connectivity index (χ3v) is 5.54. The molecule has 0 fully saturated rings. The number of amides is 1. The fraction of sp³-hybridized carbons (Fsp3) is 0.200. The first-order valence-corrected chi connectivity index (χ1v) is 9.63. The first kappa shape index (κ1) is 20.0. The summed E-state index contributed by atoms with van der Waals surface area (Å²) in [6.45, 7) is 2.12. The fourth-order valence-corrected chi connectivity index (χ4v) is 4.26. The zero-order chi connectivity index (χ0) is 20.3. The zero-order valence-corrected chi connectivity index (χ0v) is 16.9. The lowest BCUT2D eigenvalue weighted by Gasteiger charge is -2.11.